The van der Waals surface area contributed by atoms with Crippen molar-refractivity contribution in [2.24, 2.45) is 0 Å². The molecule has 0 saturated carbocycles. The molecule has 0 amide bonds. The van der Waals surface area contributed by atoms with Crippen LogP contribution < -0.4 is 4.74 Å². The summed E-state index contributed by atoms with van der Waals surface area (Å²) in [5.74, 6) is -0.905. The van der Waals surface area contributed by atoms with Crippen LogP contribution in [-0.4, -0.2) is 30.2 Å². The van der Waals surface area contributed by atoms with Crippen molar-refractivity contribution < 1.29 is 23.9 Å². The first-order valence-electron chi connectivity index (χ1n) is 8.29. The first-order valence-corrected chi connectivity index (χ1v) is 8.29. The number of carbonyl (C=O) groups is 3. The summed E-state index contributed by atoms with van der Waals surface area (Å²) < 4.78 is 10.8. The van der Waals surface area contributed by atoms with Crippen LogP contribution in [0.2, 0.25) is 0 Å². The SMILES string of the molecule is COc1cc2c(c(C)c1C(=O)OC(C)(C)C)C(=O)c1ccccc1C2=O. The van der Waals surface area contributed by atoms with Crippen LogP contribution in [0.15, 0.2) is 30.3 Å². The molecule has 0 N–H and O–H groups in total. The second-order valence-corrected chi connectivity index (χ2v) is 7.21. The Hall–Kier alpha value is -2.95. The summed E-state index contributed by atoms with van der Waals surface area (Å²) in [5, 5.41) is 0. The van der Waals surface area contributed by atoms with E-state index in [-0.39, 0.29) is 34.0 Å². The van der Waals surface area contributed by atoms with Gasteiger partial charge in [-0.15, -0.1) is 0 Å². The molecule has 0 aromatic heterocycles. The Kier molecular flexibility index (Phi) is 4.18. The standard InChI is InChI=1S/C21H20O5/c1-11-16-14(18(22)12-8-6-7-9-13(12)19(16)23)10-15(25-5)17(11)20(24)26-21(2,3)4/h6-10H,1-5H3. The summed E-state index contributed by atoms with van der Waals surface area (Å²) in [6.07, 6.45) is 0. The first kappa shape index (κ1) is 17.9. The lowest BCUT2D eigenvalue weighted by Crippen LogP contribution is -2.27. The van der Waals surface area contributed by atoms with Crippen LogP contribution >= 0.6 is 0 Å². The highest BCUT2D eigenvalue weighted by Crippen LogP contribution is 2.36. The van der Waals surface area contributed by atoms with E-state index in [1.54, 1.807) is 52.0 Å². The predicted octanol–water partition coefficient (Wildman–Crippen LogP) is 3.73. The summed E-state index contributed by atoms with van der Waals surface area (Å²) in [6, 6.07) is 8.13. The number of esters is 1. The molecule has 1 aliphatic rings. The Labute approximate surface area is 151 Å². The summed E-state index contributed by atoms with van der Waals surface area (Å²) in [7, 11) is 1.41. The summed E-state index contributed by atoms with van der Waals surface area (Å²) in [5.41, 5.74) is 1.04. The lowest BCUT2D eigenvalue weighted by Gasteiger charge is -2.24. The molecule has 1 aliphatic carbocycles. The van der Waals surface area contributed by atoms with E-state index >= 15 is 0 Å². The van der Waals surface area contributed by atoms with Gasteiger partial charge < -0.3 is 9.47 Å². The lowest BCUT2D eigenvalue weighted by molar-refractivity contribution is 0.00655. The fourth-order valence-corrected chi connectivity index (χ4v) is 3.16. The number of carbonyl (C=O) groups excluding carboxylic acids is 3. The van der Waals surface area contributed by atoms with Crippen molar-refractivity contribution in [1.29, 1.82) is 0 Å². The number of rotatable bonds is 2. The summed E-state index contributed by atoms with van der Waals surface area (Å²) in [6.45, 7) is 6.92. The minimum absolute atomic E-state index is 0.168. The van der Waals surface area contributed by atoms with Crippen LogP contribution in [0.3, 0.4) is 0 Å². The van der Waals surface area contributed by atoms with Crippen molar-refractivity contribution in [3.05, 3.63) is 63.7 Å². The highest BCUT2D eigenvalue weighted by atomic mass is 16.6. The molecule has 5 nitrogen and oxygen atoms in total. The average molecular weight is 352 g/mol. The van der Waals surface area contributed by atoms with E-state index in [4.69, 9.17) is 9.47 Å². The van der Waals surface area contributed by atoms with Gasteiger partial charge in [0.1, 0.15) is 16.9 Å². The van der Waals surface area contributed by atoms with Gasteiger partial charge in [-0.3, -0.25) is 9.59 Å². The van der Waals surface area contributed by atoms with Crippen LogP contribution in [0.25, 0.3) is 0 Å². The topological polar surface area (TPSA) is 69.7 Å². The molecule has 3 rings (SSSR count). The molecule has 5 heteroatoms. The van der Waals surface area contributed by atoms with Crippen LogP contribution in [0.1, 0.15) is 68.5 Å². The van der Waals surface area contributed by atoms with Crippen molar-refractivity contribution in [1.82, 2.24) is 0 Å². The number of ether oxygens (including phenoxy) is 2. The molecule has 2 aromatic carbocycles. The number of fused-ring (bicyclic) bond motifs is 2. The number of methoxy groups -OCH3 is 1. The summed E-state index contributed by atoms with van der Waals surface area (Å²) >= 11 is 0. The van der Waals surface area contributed by atoms with Gasteiger partial charge in [0.2, 0.25) is 0 Å². The Morgan fingerprint density at radius 2 is 1.54 bits per heavy atom. The number of ketones is 2. The zero-order chi connectivity index (χ0) is 19.2. The Balaban J connectivity index is 2.25. The number of hydrogen-bond donors (Lipinski definition) is 0. The van der Waals surface area contributed by atoms with Crippen LogP contribution in [-0.2, 0) is 4.74 Å². The van der Waals surface area contributed by atoms with Gasteiger partial charge in [0, 0.05) is 22.3 Å². The molecule has 0 bridgehead atoms. The van der Waals surface area contributed by atoms with Crippen molar-refractivity contribution in [2.45, 2.75) is 33.3 Å². The smallest absolute Gasteiger partial charge is 0.342 e. The van der Waals surface area contributed by atoms with Gasteiger partial charge in [-0.05, 0) is 39.3 Å². The largest absolute Gasteiger partial charge is 0.496 e. The van der Waals surface area contributed by atoms with Crippen LogP contribution in [0.4, 0.5) is 0 Å². The average Bonchev–Trinajstić information content (AvgIpc) is 2.57. The van der Waals surface area contributed by atoms with Gasteiger partial charge in [0.25, 0.3) is 0 Å². The monoisotopic (exact) mass is 352 g/mol. The molecule has 26 heavy (non-hydrogen) atoms. The normalized spacial score (nSPS) is 13.1. The van der Waals surface area contributed by atoms with Crippen molar-refractivity contribution in [3.8, 4) is 5.75 Å². The van der Waals surface area contributed by atoms with E-state index < -0.39 is 11.6 Å². The molecule has 0 spiro atoms. The Morgan fingerprint density at radius 3 is 2.08 bits per heavy atom. The fourth-order valence-electron chi connectivity index (χ4n) is 3.16. The minimum atomic E-state index is -0.698. The van der Waals surface area contributed by atoms with Gasteiger partial charge in [-0.25, -0.2) is 4.79 Å². The van der Waals surface area contributed by atoms with Crippen LogP contribution in [0.5, 0.6) is 5.75 Å². The zero-order valence-electron chi connectivity index (χ0n) is 15.4. The van der Waals surface area contributed by atoms with E-state index in [1.807, 2.05) is 0 Å². The molecule has 0 radical (unpaired) electrons. The third kappa shape index (κ3) is 2.79. The molecule has 134 valence electrons. The van der Waals surface area contributed by atoms with E-state index in [0.29, 0.717) is 16.7 Å². The zero-order valence-corrected chi connectivity index (χ0v) is 15.4. The second kappa shape index (κ2) is 6.09. The van der Waals surface area contributed by atoms with Gasteiger partial charge >= 0.3 is 5.97 Å². The molecule has 0 saturated heterocycles. The Bertz CT molecular complexity index is 948. The van der Waals surface area contributed by atoms with E-state index in [0.717, 1.165) is 0 Å². The minimum Gasteiger partial charge on any atom is -0.496 e. The number of benzene rings is 2. The van der Waals surface area contributed by atoms with E-state index in [9.17, 15) is 14.4 Å². The maximum atomic E-state index is 13.0. The Morgan fingerprint density at radius 1 is 0.962 bits per heavy atom. The molecular weight excluding hydrogens is 332 g/mol. The summed E-state index contributed by atoms with van der Waals surface area (Å²) in [4.78, 5) is 38.5. The van der Waals surface area contributed by atoms with Crippen molar-refractivity contribution in [3.63, 3.8) is 0 Å². The molecule has 0 aliphatic heterocycles. The molecule has 2 aromatic rings. The highest BCUT2D eigenvalue weighted by molar-refractivity contribution is 6.29. The first-order chi connectivity index (χ1) is 12.2. The quantitative estimate of drug-likeness (QED) is 0.657. The van der Waals surface area contributed by atoms with Gasteiger partial charge in [-0.2, -0.15) is 0 Å². The lowest BCUT2D eigenvalue weighted by atomic mass is 9.80. The van der Waals surface area contributed by atoms with Crippen LogP contribution in [0, 0.1) is 6.92 Å². The van der Waals surface area contributed by atoms with Crippen molar-refractivity contribution >= 4 is 17.5 Å². The molecule has 0 fully saturated rings. The second-order valence-electron chi connectivity index (χ2n) is 7.21. The fraction of sp³-hybridized carbons (Fsp3) is 0.286. The van der Waals surface area contributed by atoms with Gasteiger partial charge in [-0.1, -0.05) is 24.3 Å². The van der Waals surface area contributed by atoms with Gasteiger partial charge in [0.15, 0.2) is 11.6 Å². The van der Waals surface area contributed by atoms with E-state index in [1.165, 1.54) is 13.2 Å². The molecular formula is C21H20O5. The van der Waals surface area contributed by atoms with Gasteiger partial charge in [0.05, 0.1) is 7.11 Å². The number of hydrogen-bond acceptors (Lipinski definition) is 5. The highest BCUT2D eigenvalue weighted by Gasteiger charge is 2.35. The maximum absolute atomic E-state index is 13.0. The van der Waals surface area contributed by atoms with Crippen molar-refractivity contribution in [2.75, 3.05) is 7.11 Å². The predicted molar refractivity (Wildman–Crippen MR) is 96.2 cm³/mol. The maximum Gasteiger partial charge on any atom is 0.342 e. The molecule has 0 heterocycles. The molecule has 0 atom stereocenters. The third-order valence-electron chi connectivity index (χ3n) is 4.25. The molecule has 0 unspecified atom stereocenters. The third-order valence-corrected chi connectivity index (χ3v) is 4.25. The van der Waals surface area contributed by atoms with E-state index in [2.05, 4.69) is 0 Å².